The molecule has 4 heterocycles. The van der Waals surface area contributed by atoms with Gasteiger partial charge in [-0.2, -0.15) is 5.10 Å². The van der Waals surface area contributed by atoms with E-state index in [9.17, 15) is 9.18 Å². The van der Waals surface area contributed by atoms with Gasteiger partial charge in [0, 0.05) is 54.8 Å². The monoisotopic (exact) mass is 491 g/mol. The summed E-state index contributed by atoms with van der Waals surface area (Å²) in [5.74, 6) is 0.145. The Morgan fingerprint density at radius 2 is 1.92 bits per heavy atom. The fourth-order valence-corrected chi connectivity index (χ4v) is 4.69. The summed E-state index contributed by atoms with van der Waals surface area (Å²) in [6.45, 7) is 6.93. The lowest BCUT2D eigenvalue weighted by atomic mass is 10.1. The van der Waals surface area contributed by atoms with Crippen molar-refractivity contribution in [2.75, 3.05) is 46.0 Å². The number of carbonyl (C=O) groups is 1. The Bertz CT molecular complexity index is 1390. The second kappa shape index (κ2) is 9.36. The molecular formula is C26H26FN5O4. The van der Waals surface area contributed by atoms with Crippen LogP contribution >= 0.6 is 0 Å². The van der Waals surface area contributed by atoms with Gasteiger partial charge in [-0.1, -0.05) is 17.3 Å². The zero-order valence-electron chi connectivity index (χ0n) is 19.9. The number of hydrogen-bond acceptors (Lipinski definition) is 7. The molecule has 2 saturated heterocycles. The molecule has 1 N–H and O–H groups in total. The third-order valence-corrected chi connectivity index (χ3v) is 6.82. The van der Waals surface area contributed by atoms with Crippen LogP contribution in [0, 0.1) is 5.82 Å². The Hall–Kier alpha value is -3.76. The van der Waals surface area contributed by atoms with Crippen LogP contribution in [0.1, 0.15) is 17.3 Å². The number of ether oxygens (including phenoxy) is 2. The van der Waals surface area contributed by atoms with Gasteiger partial charge in [0.2, 0.25) is 0 Å². The van der Waals surface area contributed by atoms with Gasteiger partial charge in [0.05, 0.1) is 31.4 Å². The Labute approximate surface area is 206 Å². The highest BCUT2D eigenvalue weighted by molar-refractivity contribution is 5.95. The van der Waals surface area contributed by atoms with Gasteiger partial charge in [-0.25, -0.2) is 4.39 Å². The number of piperazine rings is 1. The van der Waals surface area contributed by atoms with Crippen molar-refractivity contribution >= 4 is 16.8 Å². The summed E-state index contributed by atoms with van der Waals surface area (Å²) in [7, 11) is 0. The molecule has 10 heteroatoms. The van der Waals surface area contributed by atoms with Crippen LogP contribution in [-0.2, 0) is 4.74 Å². The molecule has 2 aromatic heterocycles. The molecule has 2 aliphatic heterocycles. The topological polar surface area (TPSA) is 96.7 Å². The van der Waals surface area contributed by atoms with E-state index in [-0.39, 0.29) is 11.7 Å². The number of carbonyl (C=O) groups excluding carboxylic acids is 1. The summed E-state index contributed by atoms with van der Waals surface area (Å²) in [5.41, 5.74) is 3.15. The molecule has 1 amide bonds. The number of hydrogen-bond donors (Lipinski definition) is 1. The Kier molecular flexibility index (Phi) is 5.90. The lowest BCUT2D eigenvalue weighted by Crippen LogP contribution is -2.57. The maximum absolute atomic E-state index is 14.4. The summed E-state index contributed by atoms with van der Waals surface area (Å²) >= 11 is 0. The number of amides is 1. The van der Waals surface area contributed by atoms with E-state index >= 15 is 0 Å². The standard InChI is InChI=1S/C26H26FN5O4/c1-2-35-23-13-22-19(11-20(23)27)25(29-28-22)24-12-21(30-36-24)16-3-5-17(6-4-16)26(33)32-9-7-31(8-10-32)18-14-34-15-18/h3-6,11-13,18H,2,7-10,14-15H2,1H3,(H,28,29). The number of halogens is 1. The third kappa shape index (κ3) is 4.12. The highest BCUT2D eigenvalue weighted by Crippen LogP contribution is 2.33. The lowest BCUT2D eigenvalue weighted by Gasteiger charge is -2.42. The molecule has 9 nitrogen and oxygen atoms in total. The minimum absolute atomic E-state index is 0.0309. The molecule has 0 radical (unpaired) electrons. The van der Waals surface area contributed by atoms with E-state index < -0.39 is 5.82 Å². The molecule has 6 rings (SSSR count). The van der Waals surface area contributed by atoms with Crippen molar-refractivity contribution in [3.8, 4) is 28.5 Å². The van der Waals surface area contributed by atoms with E-state index in [2.05, 4.69) is 20.3 Å². The van der Waals surface area contributed by atoms with E-state index in [4.69, 9.17) is 14.0 Å². The largest absolute Gasteiger partial charge is 0.491 e. The van der Waals surface area contributed by atoms with E-state index in [1.54, 1.807) is 19.1 Å². The van der Waals surface area contributed by atoms with Crippen molar-refractivity contribution in [2.45, 2.75) is 13.0 Å². The molecule has 36 heavy (non-hydrogen) atoms. The predicted octanol–water partition coefficient (Wildman–Crippen LogP) is 3.58. The van der Waals surface area contributed by atoms with Gasteiger partial charge in [-0.15, -0.1) is 0 Å². The summed E-state index contributed by atoms with van der Waals surface area (Å²) < 4.78 is 30.5. The molecule has 2 aromatic carbocycles. The number of benzene rings is 2. The highest BCUT2D eigenvalue weighted by Gasteiger charge is 2.30. The minimum Gasteiger partial charge on any atom is -0.491 e. The van der Waals surface area contributed by atoms with Crippen LogP contribution in [0.3, 0.4) is 0 Å². The Morgan fingerprint density at radius 3 is 2.61 bits per heavy atom. The summed E-state index contributed by atoms with van der Waals surface area (Å²) in [4.78, 5) is 17.3. The van der Waals surface area contributed by atoms with Gasteiger partial charge < -0.3 is 18.9 Å². The van der Waals surface area contributed by atoms with Gasteiger partial charge in [0.25, 0.3) is 5.91 Å². The molecule has 4 aromatic rings. The van der Waals surface area contributed by atoms with Gasteiger partial charge in [-0.05, 0) is 25.1 Å². The second-order valence-corrected chi connectivity index (χ2v) is 9.01. The van der Waals surface area contributed by atoms with Crippen molar-refractivity contribution in [1.29, 1.82) is 0 Å². The maximum Gasteiger partial charge on any atom is 0.253 e. The molecule has 0 aliphatic carbocycles. The van der Waals surface area contributed by atoms with E-state index in [1.807, 2.05) is 29.2 Å². The number of fused-ring (bicyclic) bond motifs is 1. The van der Waals surface area contributed by atoms with Crippen LogP contribution in [-0.4, -0.2) is 83.1 Å². The van der Waals surface area contributed by atoms with Crippen LogP contribution in [0.25, 0.3) is 33.6 Å². The van der Waals surface area contributed by atoms with Crippen LogP contribution in [0.2, 0.25) is 0 Å². The number of nitrogens with one attached hydrogen (secondary N) is 1. The second-order valence-electron chi connectivity index (χ2n) is 9.01. The number of rotatable bonds is 6. The average molecular weight is 492 g/mol. The average Bonchev–Trinajstić information content (AvgIpc) is 3.51. The van der Waals surface area contributed by atoms with Crippen molar-refractivity contribution in [3.63, 3.8) is 0 Å². The third-order valence-electron chi connectivity index (χ3n) is 6.82. The first-order chi connectivity index (χ1) is 17.6. The smallest absolute Gasteiger partial charge is 0.253 e. The molecule has 0 atom stereocenters. The normalized spacial score (nSPS) is 16.9. The summed E-state index contributed by atoms with van der Waals surface area (Å²) in [5, 5.41) is 11.9. The lowest BCUT2D eigenvalue weighted by molar-refractivity contribution is -0.0746. The Morgan fingerprint density at radius 1 is 1.14 bits per heavy atom. The quantitative estimate of drug-likeness (QED) is 0.440. The van der Waals surface area contributed by atoms with E-state index in [0.717, 1.165) is 31.9 Å². The van der Waals surface area contributed by atoms with Crippen molar-refractivity contribution in [2.24, 2.45) is 0 Å². The molecule has 2 fully saturated rings. The Balaban J connectivity index is 1.16. The number of aromatic nitrogens is 3. The van der Waals surface area contributed by atoms with Crippen LogP contribution in [0.15, 0.2) is 47.0 Å². The minimum atomic E-state index is -0.467. The summed E-state index contributed by atoms with van der Waals surface area (Å²) in [6.07, 6.45) is 0. The van der Waals surface area contributed by atoms with E-state index in [0.29, 0.717) is 59.4 Å². The highest BCUT2D eigenvalue weighted by atomic mass is 19.1. The first-order valence-corrected chi connectivity index (χ1v) is 12.1. The van der Waals surface area contributed by atoms with Crippen molar-refractivity contribution in [1.82, 2.24) is 25.2 Å². The molecule has 2 aliphatic rings. The van der Waals surface area contributed by atoms with Gasteiger partial charge in [0.15, 0.2) is 17.3 Å². The van der Waals surface area contributed by atoms with Crippen LogP contribution < -0.4 is 4.74 Å². The van der Waals surface area contributed by atoms with Crippen LogP contribution in [0.4, 0.5) is 4.39 Å². The first kappa shape index (κ1) is 22.7. The van der Waals surface area contributed by atoms with Crippen molar-refractivity contribution in [3.05, 3.63) is 53.8 Å². The molecule has 186 valence electrons. The first-order valence-electron chi connectivity index (χ1n) is 12.1. The zero-order valence-corrected chi connectivity index (χ0v) is 19.9. The molecular weight excluding hydrogens is 465 g/mol. The fraction of sp³-hybridized carbons (Fsp3) is 0.346. The zero-order chi connectivity index (χ0) is 24.6. The van der Waals surface area contributed by atoms with Gasteiger partial charge in [-0.3, -0.25) is 14.8 Å². The molecule has 0 unspecified atom stereocenters. The maximum atomic E-state index is 14.4. The molecule has 0 saturated carbocycles. The number of nitrogens with zero attached hydrogens (tertiary/aromatic N) is 4. The molecule has 0 bridgehead atoms. The molecule has 0 spiro atoms. The van der Waals surface area contributed by atoms with Gasteiger partial charge >= 0.3 is 0 Å². The number of aromatic amines is 1. The fourth-order valence-electron chi connectivity index (χ4n) is 4.69. The van der Waals surface area contributed by atoms with E-state index in [1.165, 1.54) is 6.07 Å². The number of H-pyrrole nitrogens is 1. The van der Waals surface area contributed by atoms with Gasteiger partial charge in [0.1, 0.15) is 11.4 Å². The predicted molar refractivity (Wildman–Crippen MR) is 130 cm³/mol. The van der Waals surface area contributed by atoms with Crippen molar-refractivity contribution < 1.29 is 23.2 Å². The van der Waals surface area contributed by atoms with Crippen LogP contribution in [0.5, 0.6) is 5.75 Å². The summed E-state index contributed by atoms with van der Waals surface area (Å²) in [6, 6.07) is 12.5. The SMILES string of the molecule is CCOc1cc2[nH]nc(-c3cc(-c4ccc(C(=O)N5CCN(C6COC6)CC5)cc4)no3)c2cc1F.